The Balaban J connectivity index is 2.22. The minimum Gasteiger partial charge on any atom is -0.362 e. The molecule has 1 fully saturated rings. The zero-order valence-electron chi connectivity index (χ0n) is 10.9. The maximum Gasteiger partial charge on any atom is 0.166 e. The lowest BCUT2D eigenvalue weighted by molar-refractivity contribution is 0.487. The SMILES string of the molecule is CC(C)CNC(=S)NC1CCCC(C)CC1. The topological polar surface area (TPSA) is 24.1 Å². The molecule has 0 aromatic heterocycles. The van der Waals surface area contributed by atoms with Gasteiger partial charge in [0.15, 0.2) is 5.11 Å². The molecule has 0 radical (unpaired) electrons. The fourth-order valence-electron chi connectivity index (χ4n) is 2.16. The monoisotopic (exact) mass is 242 g/mol. The van der Waals surface area contributed by atoms with Crippen LogP contribution in [0.1, 0.15) is 52.9 Å². The molecule has 1 aliphatic carbocycles. The largest absolute Gasteiger partial charge is 0.362 e. The lowest BCUT2D eigenvalue weighted by Crippen LogP contribution is -2.42. The van der Waals surface area contributed by atoms with E-state index in [1.54, 1.807) is 0 Å². The zero-order chi connectivity index (χ0) is 12.0. The van der Waals surface area contributed by atoms with Crippen LogP contribution in [0.5, 0.6) is 0 Å². The van der Waals surface area contributed by atoms with Crippen LogP contribution in [-0.2, 0) is 0 Å². The molecule has 2 unspecified atom stereocenters. The summed E-state index contributed by atoms with van der Waals surface area (Å²) in [4.78, 5) is 0. The summed E-state index contributed by atoms with van der Waals surface area (Å²) in [5.41, 5.74) is 0. The molecule has 0 heterocycles. The number of hydrogen-bond donors (Lipinski definition) is 2. The fraction of sp³-hybridized carbons (Fsp3) is 0.923. The molecule has 0 aromatic carbocycles. The van der Waals surface area contributed by atoms with Crippen molar-refractivity contribution >= 4 is 17.3 Å². The van der Waals surface area contributed by atoms with Crippen LogP contribution in [0.2, 0.25) is 0 Å². The van der Waals surface area contributed by atoms with Gasteiger partial charge >= 0.3 is 0 Å². The second kappa shape index (κ2) is 7.10. The summed E-state index contributed by atoms with van der Waals surface area (Å²) in [6, 6.07) is 0.595. The summed E-state index contributed by atoms with van der Waals surface area (Å²) in [6.45, 7) is 7.72. The molecule has 2 N–H and O–H groups in total. The highest BCUT2D eigenvalue weighted by molar-refractivity contribution is 7.80. The van der Waals surface area contributed by atoms with Gasteiger partial charge in [-0.05, 0) is 43.3 Å². The molecule has 0 aromatic rings. The van der Waals surface area contributed by atoms with Crippen molar-refractivity contribution in [2.45, 2.75) is 58.9 Å². The van der Waals surface area contributed by atoms with E-state index in [0.717, 1.165) is 17.6 Å². The lowest BCUT2D eigenvalue weighted by atomic mass is 10.0. The molecule has 1 aliphatic rings. The quantitative estimate of drug-likeness (QED) is 0.587. The first-order chi connectivity index (χ1) is 7.58. The third-order valence-electron chi connectivity index (χ3n) is 3.26. The number of rotatable bonds is 3. The predicted molar refractivity (Wildman–Crippen MR) is 74.6 cm³/mol. The van der Waals surface area contributed by atoms with Gasteiger partial charge in [-0.2, -0.15) is 0 Å². The number of nitrogens with one attached hydrogen (secondary N) is 2. The highest BCUT2D eigenvalue weighted by Gasteiger charge is 2.16. The van der Waals surface area contributed by atoms with Crippen molar-refractivity contribution in [1.29, 1.82) is 0 Å². The van der Waals surface area contributed by atoms with Crippen molar-refractivity contribution in [3.63, 3.8) is 0 Å². The van der Waals surface area contributed by atoms with Crippen molar-refractivity contribution in [3.8, 4) is 0 Å². The summed E-state index contributed by atoms with van der Waals surface area (Å²) in [5, 5.41) is 7.58. The van der Waals surface area contributed by atoms with Gasteiger partial charge in [0.05, 0.1) is 0 Å². The number of thiocarbonyl (C=S) groups is 1. The smallest absolute Gasteiger partial charge is 0.166 e. The Morgan fingerprint density at radius 1 is 1.25 bits per heavy atom. The van der Waals surface area contributed by atoms with Crippen molar-refractivity contribution < 1.29 is 0 Å². The zero-order valence-corrected chi connectivity index (χ0v) is 11.7. The van der Waals surface area contributed by atoms with Gasteiger partial charge in [0, 0.05) is 12.6 Å². The van der Waals surface area contributed by atoms with Gasteiger partial charge in [-0.25, -0.2) is 0 Å². The van der Waals surface area contributed by atoms with Crippen LogP contribution >= 0.6 is 12.2 Å². The third kappa shape index (κ3) is 5.69. The maximum atomic E-state index is 5.30. The molecule has 0 amide bonds. The molecule has 0 saturated heterocycles. The molecule has 2 atom stereocenters. The van der Waals surface area contributed by atoms with Crippen LogP contribution < -0.4 is 10.6 Å². The summed E-state index contributed by atoms with van der Waals surface area (Å²) >= 11 is 5.30. The second-order valence-electron chi connectivity index (χ2n) is 5.56. The van der Waals surface area contributed by atoms with Crippen LogP contribution in [0.25, 0.3) is 0 Å². The first-order valence-corrected chi connectivity index (χ1v) is 7.03. The van der Waals surface area contributed by atoms with Gasteiger partial charge < -0.3 is 10.6 Å². The Bertz CT molecular complexity index is 216. The Hall–Kier alpha value is -0.310. The Labute approximate surface area is 106 Å². The second-order valence-corrected chi connectivity index (χ2v) is 5.97. The van der Waals surface area contributed by atoms with Crippen LogP contribution in [-0.4, -0.2) is 17.7 Å². The van der Waals surface area contributed by atoms with E-state index in [0.29, 0.717) is 12.0 Å². The molecule has 3 heteroatoms. The predicted octanol–water partition coefficient (Wildman–Crippen LogP) is 3.08. The summed E-state index contributed by atoms with van der Waals surface area (Å²) < 4.78 is 0. The van der Waals surface area contributed by atoms with E-state index in [2.05, 4.69) is 31.4 Å². The third-order valence-corrected chi connectivity index (χ3v) is 3.53. The molecule has 0 bridgehead atoms. The van der Waals surface area contributed by atoms with E-state index in [4.69, 9.17) is 12.2 Å². The average Bonchev–Trinajstić information content (AvgIpc) is 2.41. The molecule has 0 spiro atoms. The van der Waals surface area contributed by atoms with Gasteiger partial charge in [0.1, 0.15) is 0 Å². The fourth-order valence-corrected chi connectivity index (χ4v) is 2.41. The molecule has 94 valence electrons. The van der Waals surface area contributed by atoms with E-state index in [1.807, 2.05) is 0 Å². The van der Waals surface area contributed by atoms with Crippen LogP contribution in [0.3, 0.4) is 0 Å². The van der Waals surface area contributed by atoms with Crippen LogP contribution in [0.4, 0.5) is 0 Å². The molecule has 2 nitrogen and oxygen atoms in total. The minimum absolute atomic E-state index is 0.595. The summed E-state index contributed by atoms with van der Waals surface area (Å²) in [5.74, 6) is 1.54. The minimum atomic E-state index is 0.595. The van der Waals surface area contributed by atoms with E-state index < -0.39 is 0 Å². The van der Waals surface area contributed by atoms with Gasteiger partial charge in [-0.3, -0.25) is 0 Å². The summed E-state index contributed by atoms with van der Waals surface area (Å²) in [7, 11) is 0. The molecule has 1 rings (SSSR count). The normalized spacial score (nSPS) is 26.2. The molecular formula is C13H26N2S. The Morgan fingerprint density at radius 2 is 2.00 bits per heavy atom. The van der Waals surface area contributed by atoms with Crippen molar-refractivity contribution in [2.24, 2.45) is 11.8 Å². The van der Waals surface area contributed by atoms with Gasteiger partial charge in [-0.15, -0.1) is 0 Å². The summed E-state index contributed by atoms with van der Waals surface area (Å²) in [6.07, 6.45) is 6.60. The molecule has 16 heavy (non-hydrogen) atoms. The average molecular weight is 242 g/mol. The van der Waals surface area contributed by atoms with Crippen LogP contribution in [0.15, 0.2) is 0 Å². The van der Waals surface area contributed by atoms with E-state index in [9.17, 15) is 0 Å². The molecular weight excluding hydrogens is 216 g/mol. The number of hydrogen-bond acceptors (Lipinski definition) is 1. The van der Waals surface area contributed by atoms with Gasteiger partial charge in [-0.1, -0.05) is 33.6 Å². The maximum absolute atomic E-state index is 5.30. The van der Waals surface area contributed by atoms with E-state index >= 15 is 0 Å². The van der Waals surface area contributed by atoms with E-state index in [1.165, 1.54) is 32.1 Å². The lowest BCUT2D eigenvalue weighted by Gasteiger charge is -2.19. The van der Waals surface area contributed by atoms with Crippen molar-refractivity contribution in [2.75, 3.05) is 6.54 Å². The van der Waals surface area contributed by atoms with Gasteiger partial charge in [0.25, 0.3) is 0 Å². The van der Waals surface area contributed by atoms with Crippen LogP contribution in [0, 0.1) is 11.8 Å². The molecule has 1 saturated carbocycles. The highest BCUT2D eigenvalue weighted by Crippen LogP contribution is 2.22. The highest BCUT2D eigenvalue weighted by atomic mass is 32.1. The standard InChI is InChI=1S/C13H26N2S/c1-10(2)9-14-13(16)15-12-6-4-5-11(3)7-8-12/h10-12H,4-9H2,1-3H3,(H2,14,15,16). The van der Waals surface area contributed by atoms with Crippen molar-refractivity contribution in [1.82, 2.24) is 10.6 Å². The van der Waals surface area contributed by atoms with Gasteiger partial charge in [0.2, 0.25) is 0 Å². The van der Waals surface area contributed by atoms with E-state index in [-0.39, 0.29) is 0 Å². The first kappa shape index (κ1) is 13.8. The Kier molecular flexibility index (Phi) is 6.10. The Morgan fingerprint density at radius 3 is 2.69 bits per heavy atom. The molecule has 0 aliphatic heterocycles. The first-order valence-electron chi connectivity index (χ1n) is 6.62. The van der Waals surface area contributed by atoms with Crippen molar-refractivity contribution in [3.05, 3.63) is 0 Å².